The first-order chi connectivity index (χ1) is 21.1. The molecule has 0 unspecified atom stereocenters. The van der Waals surface area contributed by atoms with E-state index in [0.29, 0.717) is 12.8 Å². The minimum absolute atomic E-state index is 0.106. The molecule has 8 heteroatoms. The van der Waals surface area contributed by atoms with Gasteiger partial charge in [-0.25, -0.2) is 9.59 Å². The molecule has 3 N–H and O–H groups in total. The van der Waals surface area contributed by atoms with Crippen molar-refractivity contribution < 1.29 is 24.5 Å². The maximum Gasteiger partial charge on any atom is 0.408 e. The molecule has 0 aliphatic rings. The molecule has 0 fully saturated rings. The van der Waals surface area contributed by atoms with Crippen LogP contribution in [0.25, 0.3) is 11.1 Å². The third-order valence-electron chi connectivity index (χ3n) is 7.48. The summed E-state index contributed by atoms with van der Waals surface area (Å²) in [5.74, 6) is 0. The monoisotopic (exact) mass is 595 g/mol. The fourth-order valence-electron chi connectivity index (χ4n) is 5.41. The number of pyridine rings is 1. The maximum atomic E-state index is 13.0. The molecule has 44 heavy (non-hydrogen) atoms. The molecule has 3 atom stereocenters. The van der Waals surface area contributed by atoms with Crippen molar-refractivity contribution in [3.63, 3.8) is 0 Å². The number of aliphatic hydroxyl groups is 1. The second-order valence-corrected chi connectivity index (χ2v) is 11.9. The van der Waals surface area contributed by atoms with Crippen molar-refractivity contribution in [3.05, 3.63) is 126 Å². The molecule has 0 saturated heterocycles. The zero-order valence-corrected chi connectivity index (χ0v) is 25.5. The molecule has 0 aliphatic carbocycles. The largest absolute Gasteiger partial charge is 0.465 e. The van der Waals surface area contributed by atoms with Crippen molar-refractivity contribution in [1.29, 1.82) is 0 Å². The fraction of sp³-hybridized carbons (Fsp3) is 0.306. The molecule has 8 nitrogen and oxygen atoms in total. The molecule has 1 aromatic heterocycles. The van der Waals surface area contributed by atoms with E-state index in [4.69, 9.17) is 4.74 Å². The third-order valence-corrected chi connectivity index (χ3v) is 7.48. The van der Waals surface area contributed by atoms with Gasteiger partial charge in [-0.3, -0.25) is 9.88 Å². The smallest absolute Gasteiger partial charge is 0.408 e. The number of aromatic nitrogens is 1. The highest BCUT2D eigenvalue weighted by Gasteiger charge is 2.38. The van der Waals surface area contributed by atoms with Crippen LogP contribution in [0.4, 0.5) is 9.59 Å². The topological polar surface area (TPSA) is 112 Å². The number of ether oxygens (including phenoxy) is 1. The summed E-state index contributed by atoms with van der Waals surface area (Å²) in [5, 5.41) is 24.9. The molecular formula is C36H41N3O5. The average molecular weight is 596 g/mol. The quantitative estimate of drug-likeness (QED) is 0.168. The SMILES string of the molecule is CC(C)(C)N(C(=O)O)[C@@H](Cc1ccccc1)[C@@H](O)C[C@H](Cc1ccc(-c2cccnc2)cc1)NC(=O)OCc1ccccc1. The number of carbonyl (C=O) groups excluding carboxylic acids is 1. The van der Waals surface area contributed by atoms with E-state index < -0.39 is 35.9 Å². The standard InChI is InChI=1S/C36H41N3O5/c1-36(2,3)39(35(42)43)32(22-26-11-6-4-7-12-26)33(40)23-31(38-34(41)44-25-28-13-8-5-9-14-28)21-27-16-18-29(19-17-27)30-15-10-20-37-24-30/h4-20,24,31-33,40H,21-23,25H2,1-3H3,(H,38,41)(H,42,43)/t31-,32-,33-/m0/s1. The van der Waals surface area contributed by atoms with Gasteiger partial charge in [0.1, 0.15) is 6.61 Å². The first-order valence-corrected chi connectivity index (χ1v) is 14.8. The molecule has 230 valence electrons. The van der Waals surface area contributed by atoms with Gasteiger partial charge in [-0.05, 0) is 73.9 Å². The first-order valence-electron chi connectivity index (χ1n) is 14.8. The number of amides is 2. The molecule has 2 amide bonds. The van der Waals surface area contributed by atoms with Crippen molar-refractivity contribution in [2.75, 3.05) is 0 Å². The highest BCUT2D eigenvalue weighted by molar-refractivity contribution is 5.68. The number of nitrogens with zero attached hydrogens (tertiary/aromatic N) is 2. The third kappa shape index (κ3) is 9.41. The summed E-state index contributed by atoms with van der Waals surface area (Å²) < 4.78 is 5.51. The number of alkyl carbamates (subject to hydrolysis) is 1. The van der Waals surface area contributed by atoms with Crippen molar-refractivity contribution in [2.24, 2.45) is 0 Å². The van der Waals surface area contributed by atoms with Crippen LogP contribution in [0.3, 0.4) is 0 Å². The molecule has 0 bridgehead atoms. The highest BCUT2D eigenvalue weighted by Crippen LogP contribution is 2.26. The Bertz CT molecular complexity index is 1460. The van der Waals surface area contributed by atoms with Crippen LogP contribution in [0, 0.1) is 0 Å². The van der Waals surface area contributed by atoms with Gasteiger partial charge < -0.3 is 20.3 Å². The Hall–Kier alpha value is -4.69. The second-order valence-electron chi connectivity index (χ2n) is 11.9. The Balaban J connectivity index is 1.56. The minimum atomic E-state index is -1.12. The summed E-state index contributed by atoms with van der Waals surface area (Å²) in [5.41, 5.74) is 3.95. The lowest BCUT2D eigenvalue weighted by Gasteiger charge is -2.42. The number of hydrogen-bond donors (Lipinski definition) is 3. The van der Waals surface area contributed by atoms with E-state index in [-0.39, 0.29) is 13.0 Å². The molecule has 4 aromatic rings. The minimum Gasteiger partial charge on any atom is -0.465 e. The van der Waals surface area contributed by atoms with E-state index >= 15 is 0 Å². The average Bonchev–Trinajstić information content (AvgIpc) is 3.00. The van der Waals surface area contributed by atoms with Crippen molar-refractivity contribution in [1.82, 2.24) is 15.2 Å². The van der Waals surface area contributed by atoms with Crippen molar-refractivity contribution in [2.45, 2.75) is 70.4 Å². The summed E-state index contributed by atoms with van der Waals surface area (Å²) >= 11 is 0. The molecule has 0 radical (unpaired) electrons. The van der Waals surface area contributed by atoms with E-state index in [1.54, 1.807) is 12.4 Å². The van der Waals surface area contributed by atoms with Gasteiger partial charge in [-0.15, -0.1) is 0 Å². The number of benzene rings is 3. The molecule has 4 rings (SSSR count). The number of carbonyl (C=O) groups is 2. The molecule has 0 aliphatic heterocycles. The Morgan fingerprint density at radius 3 is 2.00 bits per heavy atom. The summed E-state index contributed by atoms with van der Waals surface area (Å²) in [6.45, 7) is 5.54. The zero-order chi connectivity index (χ0) is 31.5. The lowest BCUT2D eigenvalue weighted by Crippen LogP contribution is -2.57. The fourth-order valence-corrected chi connectivity index (χ4v) is 5.41. The van der Waals surface area contributed by atoms with Gasteiger partial charge >= 0.3 is 12.2 Å². The number of nitrogens with one attached hydrogen (secondary N) is 1. The highest BCUT2D eigenvalue weighted by atomic mass is 16.5. The van der Waals surface area contributed by atoms with Crippen LogP contribution in [0.5, 0.6) is 0 Å². The summed E-state index contributed by atoms with van der Waals surface area (Å²) in [6.07, 6.45) is 1.56. The van der Waals surface area contributed by atoms with E-state index in [0.717, 1.165) is 27.8 Å². The summed E-state index contributed by atoms with van der Waals surface area (Å²) in [7, 11) is 0. The molecule has 3 aromatic carbocycles. The lowest BCUT2D eigenvalue weighted by molar-refractivity contribution is 0.000135. The number of carboxylic acid groups (broad SMARTS) is 1. The number of rotatable bonds is 12. The maximum absolute atomic E-state index is 13.0. The number of hydrogen-bond acceptors (Lipinski definition) is 5. The van der Waals surface area contributed by atoms with Gasteiger partial charge in [0, 0.05) is 24.0 Å². The van der Waals surface area contributed by atoms with Crippen LogP contribution in [-0.2, 0) is 24.2 Å². The van der Waals surface area contributed by atoms with Crippen molar-refractivity contribution in [3.8, 4) is 11.1 Å². The van der Waals surface area contributed by atoms with Gasteiger partial charge in [0.2, 0.25) is 0 Å². The van der Waals surface area contributed by atoms with Gasteiger partial charge in [-0.2, -0.15) is 0 Å². The molecule has 0 saturated carbocycles. The van der Waals surface area contributed by atoms with Crippen molar-refractivity contribution >= 4 is 12.2 Å². The van der Waals surface area contributed by atoms with Crippen LogP contribution in [0.2, 0.25) is 0 Å². The predicted octanol–water partition coefficient (Wildman–Crippen LogP) is 6.73. The van der Waals surface area contributed by atoms with Gasteiger partial charge in [0.25, 0.3) is 0 Å². The zero-order valence-electron chi connectivity index (χ0n) is 25.5. The van der Waals surface area contributed by atoms with Crippen LogP contribution in [0.15, 0.2) is 109 Å². The van der Waals surface area contributed by atoms with Crippen LogP contribution < -0.4 is 5.32 Å². The van der Waals surface area contributed by atoms with Gasteiger partial charge in [0.15, 0.2) is 0 Å². The van der Waals surface area contributed by atoms with E-state index in [2.05, 4.69) is 10.3 Å². The van der Waals surface area contributed by atoms with E-state index in [9.17, 15) is 19.8 Å². The Morgan fingerprint density at radius 1 is 0.818 bits per heavy atom. The van der Waals surface area contributed by atoms with Crippen LogP contribution >= 0.6 is 0 Å². The Labute approximate surface area is 259 Å². The Kier molecular flexibility index (Phi) is 11.1. The second kappa shape index (κ2) is 15.2. The summed E-state index contributed by atoms with van der Waals surface area (Å²) in [4.78, 5) is 31.0. The van der Waals surface area contributed by atoms with Crippen LogP contribution in [0.1, 0.15) is 43.9 Å². The Morgan fingerprint density at radius 2 is 1.43 bits per heavy atom. The summed E-state index contributed by atoms with van der Waals surface area (Å²) in [6, 6.07) is 29.5. The van der Waals surface area contributed by atoms with E-state index in [1.807, 2.05) is 118 Å². The molecule has 1 heterocycles. The van der Waals surface area contributed by atoms with Crippen LogP contribution in [-0.4, -0.2) is 56.0 Å². The molecule has 0 spiro atoms. The van der Waals surface area contributed by atoms with E-state index in [1.165, 1.54) is 4.90 Å². The van der Waals surface area contributed by atoms with Gasteiger partial charge in [0.05, 0.1) is 12.1 Å². The van der Waals surface area contributed by atoms with Gasteiger partial charge in [-0.1, -0.05) is 91.0 Å². The molecular weight excluding hydrogens is 554 g/mol. The normalized spacial score (nSPS) is 13.4. The first kappa shape index (κ1) is 32.2. The predicted molar refractivity (Wildman–Crippen MR) is 171 cm³/mol. The lowest BCUT2D eigenvalue weighted by atomic mass is 9.90. The number of aliphatic hydroxyl groups excluding tert-OH is 1.